The molecule has 0 aliphatic carbocycles. The number of aromatic nitrogens is 2. The minimum atomic E-state index is -1.82. The first-order valence-corrected chi connectivity index (χ1v) is 11.1. The summed E-state index contributed by atoms with van der Waals surface area (Å²) in [5, 5.41) is 33.3. The Hall–Kier alpha value is -4.55. The second-order valence-electron chi connectivity index (χ2n) is 7.94. The highest BCUT2D eigenvalue weighted by Crippen LogP contribution is 2.15. The van der Waals surface area contributed by atoms with Crippen molar-refractivity contribution in [2.45, 2.75) is 25.6 Å². The van der Waals surface area contributed by atoms with Crippen molar-refractivity contribution in [1.82, 2.24) is 19.8 Å². The van der Waals surface area contributed by atoms with Crippen LogP contribution in [0.5, 0.6) is 0 Å². The summed E-state index contributed by atoms with van der Waals surface area (Å²) in [5.41, 5.74) is 3.87. The minimum absolute atomic E-state index is 0.581. The minimum Gasteiger partial charge on any atom is -0.473 e. The molecule has 196 valence electrons. The number of imidazole rings is 1. The lowest BCUT2D eigenvalue weighted by Crippen LogP contribution is -2.31. The van der Waals surface area contributed by atoms with E-state index in [1.165, 1.54) is 24.1 Å². The third kappa shape index (κ3) is 10.7. The molecule has 2 heterocycles. The fraction of sp³-hybridized carbons (Fsp3) is 0.240. The highest BCUT2D eigenvalue weighted by molar-refractivity contribution is 6.27. The first kappa shape index (κ1) is 28.7. The summed E-state index contributed by atoms with van der Waals surface area (Å²) in [7, 11) is 0. The lowest BCUT2D eigenvalue weighted by Gasteiger charge is -2.17. The molecule has 1 fully saturated rings. The van der Waals surface area contributed by atoms with Gasteiger partial charge in [0.15, 0.2) is 0 Å². The SMILES string of the molecule is O=C(O)C(=O)O.O=C(O)C(=O)O.c1ccc(CN2CCC(NCc3ccc(-n4ccnc4)cc3)C2)cc1. The fourth-order valence-electron chi connectivity index (χ4n) is 3.44. The zero-order valence-corrected chi connectivity index (χ0v) is 19.8. The van der Waals surface area contributed by atoms with Crippen LogP contribution in [0.25, 0.3) is 5.69 Å². The van der Waals surface area contributed by atoms with Crippen LogP contribution in [0.4, 0.5) is 0 Å². The summed E-state index contributed by atoms with van der Waals surface area (Å²) in [5.74, 6) is -7.30. The Morgan fingerprint density at radius 1 is 0.838 bits per heavy atom. The summed E-state index contributed by atoms with van der Waals surface area (Å²) in [6.45, 7) is 4.28. The number of nitrogens with one attached hydrogen (secondary N) is 1. The van der Waals surface area contributed by atoms with Gasteiger partial charge in [-0.25, -0.2) is 24.2 Å². The highest BCUT2D eigenvalue weighted by atomic mass is 16.4. The van der Waals surface area contributed by atoms with Gasteiger partial charge in [0.05, 0.1) is 6.33 Å². The molecule has 1 aliphatic rings. The smallest absolute Gasteiger partial charge is 0.414 e. The number of carboxylic acids is 4. The molecule has 3 aromatic rings. The fourth-order valence-corrected chi connectivity index (χ4v) is 3.44. The number of benzene rings is 2. The Bertz CT molecular complexity index is 1100. The maximum Gasteiger partial charge on any atom is 0.414 e. The molecular formula is C25H28N4O8. The van der Waals surface area contributed by atoms with Crippen molar-refractivity contribution in [3.05, 3.63) is 84.4 Å². The molecule has 1 aromatic heterocycles. The van der Waals surface area contributed by atoms with Crippen molar-refractivity contribution in [2.24, 2.45) is 0 Å². The molecule has 0 saturated carbocycles. The predicted molar refractivity (Wildman–Crippen MR) is 131 cm³/mol. The van der Waals surface area contributed by atoms with Crippen LogP contribution in [0, 0.1) is 0 Å². The van der Waals surface area contributed by atoms with Crippen molar-refractivity contribution in [3.63, 3.8) is 0 Å². The summed E-state index contributed by atoms with van der Waals surface area (Å²) >= 11 is 0. The Morgan fingerprint density at radius 3 is 1.95 bits per heavy atom. The van der Waals surface area contributed by atoms with Crippen molar-refractivity contribution >= 4 is 23.9 Å². The van der Waals surface area contributed by atoms with Gasteiger partial charge in [-0.2, -0.15) is 0 Å². The molecule has 0 bridgehead atoms. The van der Waals surface area contributed by atoms with E-state index in [0.717, 1.165) is 25.3 Å². The Balaban J connectivity index is 0.000000336. The topological polar surface area (TPSA) is 182 Å². The lowest BCUT2D eigenvalue weighted by atomic mass is 10.2. The van der Waals surface area contributed by atoms with Crippen LogP contribution < -0.4 is 5.32 Å². The molecule has 1 atom stereocenters. The summed E-state index contributed by atoms with van der Waals surface area (Å²) in [6, 6.07) is 20.0. The summed E-state index contributed by atoms with van der Waals surface area (Å²) in [4.78, 5) is 43.0. The first-order valence-electron chi connectivity index (χ1n) is 11.1. The lowest BCUT2D eigenvalue weighted by molar-refractivity contribution is -0.159. The van der Waals surface area contributed by atoms with Crippen LogP contribution in [0.15, 0.2) is 73.3 Å². The molecule has 1 saturated heterocycles. The second kappa shape index (κ2) is 14.8. The zero-order chi connectivity index (χ0) is 27.2. The number of carboxylic acid groups (broad SMARTS) is 4. The van der Waals surface area contributed by atoms with Gasteiger partial charge in [0.1, 0.15) is 0 Å². The van der Waals surface area contributed by atoms with Gasteiger partial charge in [0.2, 0.25) is 0 Å². The number of nitrogens with zero attached hydrogens (tertiary/aromatic N) is 3. The largest absolute Gasteiger partial charge is 0.473 e. The molecule has 12 nitrogen and oxygen atoms in total. The van der Waals surface area contributed by atoms with E-state index in [4.69, 9.17) is 39.6 Å². The van der Waals surface area contributed by atoms with Gasteiger partial charge >= 0.3 is 23.9 Å². The van der Waals surface area contributed by atoms with Gasteiger partial charge in [-0.1, -0.05) is 42.5 Å². The van der Waals surface area contributed by atoms with E-state index in [2.05, 4.69) is 69.8 Å². The molecule has 2 aromatic carbocycles. The van der Waals surface area contributed by atoms with Gasteiger partial charge < -0.3 is 30.3 Å². The van der Waals surface area contributed by atoms with E-state index in [9.17, 15) is 0 Å². The maximum absolute atomic E-state index is 9.10. The quantitative estimate of drug-likeness (QED) is 0.302. The van der Waals surface area contributed by atoms with E-state index in [-0.39, 0.29) is 0 Å². The molecule has 0 radical (unpaired) electrons. The van der Waals surface area contributed by atoms with Crippen molar-refractivity contribution < 1.29 is 39.6 Å². The Kier molecular flexibility index (Phi) is 11.4. The van der Waals surface area contributed by atoms with Crippen LogP contribution in [-0.4, -0.2) is 77.9 Å². The van der Waals surface area contributed by atoms with Crippen LogP contribution in [-0.2, 0) is 32.3 Å². The molecular weight excluding hydrogens is 484 g/mol. The Labute approximate surface area is 212 Å². The number of rotatable bonds is 6. The zero-order valence-electron chi connectivity index (χ0n) is 19.8. The highest BCUT2D eigenvalue weighted by Gasteiger charge is 2.21. The van der Waals surface area contributed by atoms with E-state index >= 15 is 0 Å². The molecule has 0 spiro atoms. The summed E-state index contributed by atoms with van der Waals surface area (Å²) < 4.78 is 2.02. The molecule has 4 rings (SSSR count). The molecule has 1 unspecified atom stereocenters. The molecule has 1 aliphatic heterocycles. The molecule has 0 amide bonds. The molecule has 5 N–H and O–H groups in total. The average Bonchev–Trinajstić information content (AvgIpc) is 3.57. The summed E-state index contributed by atoms with van der Waals surface area (Å²) in [6.07, 6.45) is 6.82. The van der Waals surface area contributed by atoms with Crippen molar-refractivity contribution in [1.29, 1.82) is 0 Å². The third-order valence-corrected chi connectivity index (χ3v) is 5.22. The van der Waals surface area contributed by atoms with Crippen LogP contribution in [0.2, 0.25) is 0 Å². The van der Waals surface area contributed by atoms with E-state index < -0.39 is 23.9 Å². The first-order chi connectivity index (χ1) is 17.7. The van der Waals surface area contributed by atoms with Crippen molar-refractivity contribution in [3.8, 4) is 5.69 Å². The second-order valence-corrected chi connectivity index (χ2v) is 7.94. The predicted octanol–water partition coefficient (Wildman–Crippen LogP) is 1.55. The number of hydrogen-bond acceptors (Lipinski definition) is 7. The maximum atomic E-state index is 9.10. The van der Waals surface area contributed by atoms with Crippen LogP contribution in [0.3, 0.4) is 0 Å². The average molecular weight is 513 g/mol. The van der Waals surface area contributed by atoms with Gasteiger partial charge in [-0.15, -0.1) is 0 Å². The monoisotopic (exact) mass is 512 g/mol. The van der Waals surface area contributed by atoms with E-state index in [1.807, 2.05) is 17.1 Å². The van der Waals surface area contributed by atoms with Gasteiger partial charge in [0, 0.05) is 50.3 Å². The standard InChI is InChI=1S/C21H24N4.2C2H2O4/c1-2-4-19(5-3-1)15-24-12-10-20(16-24)23-14-18-6-8-21(9-7-18)25-13-11-22-17-25;2*3-1(4)2(5)6/h1-9,11,13,17,20,23H,10,12,14-16H2;2*(H,3,4)(H,5,6). The van der Waals surface area contributed by atoms with Crippen LogP contribution in [0.1, 0.15) is 17.5 Å². The van der Waals surface area contributed by atoms with Gasteiger partial charge in [0.25, 0.3) is 0 Å². The Morgan fingerprint density at radius 2 is 1.43 bits per heavy atom. The number of hydrogen-bond donors (Lipinski definition) is 5. The number of aliphatic carboxylic acids is 4. The van der Waals surface area contributed by atoms with Gasteiger partial charge in [-0.05, 0) is 29.7 Å². The molecule has 37 heavy (non-hydrogen) atoms. The number of carbonyl (C=O) groups is 4. The van der Waals surface area contributed by atoms with E-state index in [0.29, 0.717) is 6.04 Å². The van der Waals surface area contributed by atoms with E-state index in [1.54, 1.807) is 6.20 Å². The number of likely N-dealkylation sites (tertiary alicyclic amines) is 1. The van der Waals surface area contributed by atoms with Crippen molar-refractivity contribution in [2.75, 3.05) is 13.1 Å². The molecule has 12 heteroatoms. The van der Waals surface area contributed by atoms with Crippen LogP contribution >= 0.6 is 0 Å². The third-order valence-electron chi connectivity index (χ3n) is 5.22. The van der Waals surface area contributed by atoms with Gasteiger partial charge in [-0.3, -0.25) is 4.90 Å². The normalized spacial score (nSPS) is 14.4.